The Labute approximate surface area is 146 Å². The van der Waals surface area contributed by atoms with Crippen molar-refractivity contribution in [1.82, 2.24) is 9.99 Å². The van der Waals surface area contributed by atoms with Gasteiger partial charge in [0.15, 0.2) is 5.54 Å². The Balaban J connectivity index is 2.07. The van der Waals surface area contributed by atoms with Crippen LogP contribution >= 0.6 is 0 Å². The summed E-state index contributed by atoms with van der Waals surface area (Å²) in [7, 11) is 0. The molecule has 0 saturated heterocycles. The van der Waals surface area contributed by atoms with Crippen molar-refractivity contribution in [3.05, 3.63) is 30.0 Å². The predicted octanol–water partition coefficient (Wildman–Crippen LogP) is 3.03. The number of carboxylic acid groups (broad SMARTS) is 1. The first-order valence-electron chi connectivity index (χ1n) is 8.25. The predicted molar refractivity (Wildman–Crippen MR) is 96.4 cm³/mol. The Morgan fingerprint density at radius 2 is 2.20 bits per heavy atom. The number of nitriles is 1. The van der Waals surface area contributed by atoms with Crippen LogP contribution in [-0.4, -0.2) is 26.9 Å². The first kappa shape index (κ1) is 17.0. The zero-order valence-electron chi connectivity index (χ0n) is 14.7. The molecule has 130 valence electrons. The maximum absolute atomic E-state index is 11.7. The summed E-state index contributed by atoms with van der Waals surface area (Å²) in [6.45, 7) is 7.64. The maximum atomic E-state index is 11.7. The maximum Gasteiger partial charge on any atom is 0.331 e. The number of hydrogen-bond acceptors (Lipinski definition) is 5. The second-order valence-electron chi connectivity index (χ2n) is 6.53. The molecule has 2 heterocycles. The van der Waals surface area contributed by atoms with Gasteiger partial charge in [-0.2, -0.15) is 20.9 Å². The molecule has 2 aromatic rings. The Hall–Kier alpha value is -2.85. The van der Waals surface area contributed by atoms with Crippen molar-refractivity contribution >= 4 is 28.3 Å². The van der Waals surface area contributed by atoms with Gasteiger partial charge in [-0.3, -0.25) is 0 Å². The molecular formula is C18H21N5O2. The van der Waals surface area contributed by atoms with Crippen molar-refractivity contribution in [2.75, 3.05) is 5.12 Å². The van der Waals surface area contributed by atoms with E-state index in [9.17, 15) is 15.2 Å². The van der Waals surface area contributed by atoms with Crippen molar-refractivity contribution in [3.63, 3.8) is 0 Å². The normalized spacial score (nSPS) is 20.2. The van der Waals surface area contributed by atoms with Crippen LogP contribution in [0.2, 0.25) is 0 Å². The number of benzene rings is 1. The number of aliphatic carboxylic acids is 1. The molecule has 1 aliphatic rings. The number of fused-ring (bicyclic) bond motifs is 1. The van der Waals surface area contributed by atoms with Gasteiger partial charge < -0.3 is 9.67 Å². The molecule has 0 aliphatic carbocycles. The number of nitrogens with one attached hydrogen (secondary N) is 1. The molecule has 7 heteroatoms. The van der Waals surface area contributed by atoms with E-state index < -0.39 is 11.5 Å². The minimum atomic E-state index is -1.20. The van der Waals surface area contributed by atoms with Gasteiger partial charge in [-0.15, -0.1) is 0 Å². The summed E-state index contributed by atoms with van der Waals surface area (Å²) in [6, 6.07) is 8.14. The van der Waals surface area contributed by atoms with Crippen LogP contribution in [0.25, 0.3) is 10.9 Å². The van der Waals surface area contributed by atoms with Gasteiger partial charge in [0.1, 0.15) is 6.07 Å². The summed E-state index contributed by atoms with van der Waals surface area (Å²) < 4.78 is 2.05. The zero-order chi connectivity index (χ0) is 18.4. The van der Waals surface area contributed by atoms with Gasteiger partial charge in [0.25, 0.3) is 0 Å². The Bertz CT molecular complexity index is 921. The van der Waals surface area contributed by atoms with Crippen LogP contribution in [0.5, 0.6) is 0 Å². The molecule has 2 N–H and O–H groups in total. The van der Waals surface area contributed by atoms with Crippen LogP contribution in [-0.2, 0) is 4.79 Å². The average molecular weight is 339 g/mol. The van der Waals surface area contributed by atoms with E-state index in [4.69, 9.17) is 0 Å². The van der Waals surface area contributed by atoms with Gasteiger partial charge in [-0.05, 0) is 45.4 Å². The molecule has 0 amide bonds. The lowest BCUT2D eigenvalue weighted by atomic mass is 9.92. The number of nitrogens with zero attached hydrogens (tertiary/aromatic N) is 4. The number of rotatable bonds is 4. The molecule has 0 fully saturated rings. The molecule has 1 aliphatic heterocycles. The molecule has 3 rings (SSSR count). The number of hydrazone groups is 1. The Kier molecular flexibility index (Phi) is 4.01. The number of anilines is 1. The molecule has 1 atom stereocenters. The Morgan fingerprint density at radius 3 is 2.72 bits per heavy atom. The highest BCUT2D eigenvalue weighted by Gasteiger charge is 2.46. The first-order chi connectivity index (χ1) is 11.8. The first-order valence-corrected chi connectivity index (χ1v) is 8.25. The molecule has 0 radical (unpaired) electrons. The van der Waals surface area contributed by atoms with E-state index in [1.807, 2.05) is 31.3 Å². The molecule has 0 spiro atoms. The molecule has 7 nitrogen and oxygen atoms in total. The van der Waals surface area contributed by atoms with Crippen LogP contribution in [0.3, 0.4) is 0 Å². The van der Waals surface area contributed by atoms with Gasteiger partial charge in [0.2, 0.25) is 0 Å². The van der Waals surface area contributed by atoms with Crippen molar-refractivity contribution in [3.8, 4) is 6.07 Å². The quantitative estimate of drug-likeness (QED) is 0.893. The molecule has 25 heavy (non-hydrogen) atoms. The van der Waals surface area contributed by atoms with E-state index in [0.29, 0.717) is 23.4 Å². The summed E-state index contributed by atoms with van der Waals surface area (Å²) >= 11 is 0. The van der Waals surface area contributed by atoms with Gasteiger partial charge in [-0.1, -0.05) is 6.92 Å². The zero-order valence-corrected chi connectivity index (χ0v) is 14.7. The van der Waals surface area contributed by atoms with E-state index in [0.717, 1.165) is 10.9 Å². The fourth-order valence-electron chi connectivity index (χ4n) is 3.22. The van der Waals surface area contributed by atoms with Crippen LogP contribution in [0.1, 0.15) is 45.7 Å². The minimum absolute atomic E-state index is 0.236. The summed E-state index contributed by atoms with van der Waals surface area (Å²) in [5.74, 6) is -0.955. The SMILES string of the molecule is CCC1(C(=O)O)NN(c2ccc3c(c2)c(C#N)cn3C(C)C)N=C1C. The van der Waals surface area contributed by atoms with Crippen molar-refractivity contribution in [2.24, 2.45) is 5.10 Å². The van der Waals surface area contributed by atoms with E-state index in [2.05, 4.69) is 35.0 Å². The third kappa shape index (κ3) is 2.46. The fourth-order valence-corrected chi connectivity index (χ4v) is 3.22. The van der Waals surface area contributed by atoms with Crippen LogP contribution in [0.4, 0.5) is 5.69 Å². The standard InChI is InChI=1S/C18H21N5O2/c1-5-18(17(24)25)12(4)20-23(21-18)14-6-7-16-15(8-14)13(9-19)10-22(16)11(2)3/h6-8,10-11,21H,5H2,1-4H3,(H,24,25). The highest BCUT2D eigenvalue weighted by molar-refractivity contribution is 6.11. The molecule has 1 aromatic heterocycles. The van der Waals surface area contributed by atoms with Crippen molar-refractivity contribution in [2.45, 2.75) is 45.7 Å². The smallest absolute Gasteiger partial charge is 0.331 e. The Morgan fingerprint density at radius 1 is 1.48 bits per heavy atom. The fraction of sp³-hybridized carbons (Fsp3) is 0.389. The number of carbonyl (C=O) groups is 1. The highest BCUT2D eigenvalue weighted by Crippen LogP contribution is 2.31. The lowest BCUT2D eigenvalue weighted by Crippen LogP contribution is -2.56. The van der Waals surface area contributed by atoms with Gasteiger partial charge >= 0.3 is 5.97 Å². The van der Waals surface area contributed by atoms with Gasteiger partial charge in [-0.25, -0.2) is 4.79 Å². The van der Waals surface area contributed by atoms with Crippen molar-refractivity contribution in [1.29, 1.82) is 5.26 Å². The van der Waals surface area contributed by atoms with Crippen LogP contribution < -0.4 is 10.5 Å². The largest absolute Gasteiger partial charge is 0.480 e. The topological polar surface area (TPSA) is 93.6 Å². The van der Waals surface area contributed by atoms with E-state index >= 15 is 0 Å². The average Bonchev–Trinajstić information content (AvgIpc) is 3.12. The highest BCUT2D eigenvalue weighted by atomic mass is 16.4. The van der Waals surface area contributed by atoms with Gasteiger partial charge in [0.05, 0.1) is 17.0 Å². The third-order valence-electron chi connectivity index (χ3n) is 4.80. The molecule has 0 saturated carbocycles. The summed E-state index contributed by atoms with van der Waals surface area (Å²) in [5.41, 5.74) is 4.55. The monoisotopic (exact) mass is 339 g/mol. The van der Waals surface area contributed by atoms with E-state index in [-0.39, 0.29) is 6.04 Å². The van der Waals surface area contributed by atoms with E-state index in [1.165, 1.54) is 5.12 Å². The second kappa shape index (κ2) is 5.90. The summed E-state index contributed by atoms with van der Waals surface area (Å²) in [4.78, 5) is 11.7. The summed E-state index contributed by atoms with van der Waals surface area (Å²) in [5, 5.41) is 25.7. The lowest BCUT2D eigenvalue weighted by molar-refractivity contribution is -0.141. The molecule has 1 unspecified atom stereocenters. The molecule has 1 aromatic carbocycles. The van der Waals surface area contributed by atoms with E-state index in [1.54, 1.807) is 6.92 Å². The van der Waals surface area contributed by atoms with Gasteiger partial charge in [0, 0.05) is 23.1 Å². The summed E-state index contributed by atoms with van der Waals surface area (Å²) in [6.07, 6.45) is 2.22. The minimum Gasteiger partial charge on any atom is -0.480 e. The number of hydrogen-bond donors (Lipinski definition) is 2. The van der Waals surface area contributed by atoms with Crippen LogP contribution in [0, 0.1) is 11.3 Å². The second-order valence-corrected chi connectivity index (χ2v) is 6.53. The van der Waals surface area contributed by atoms with Crippen molar-refractivity contribution < 1.29 is 9.90 Å². The molecule has 0 bridgehead atoms. The number of carboxylic acids is 1. The molecular weight excluding hydrogens is 318 g/mol. The lowest BCUT2D eigenvalue weighted by Gasteiger charge is -2.25. The number of hydrazine groups is 1. The van der Waals surface area contributed by atoms with Crippen LogP contribution in [0.15, 0.2) is 29.5 Å². The third-order valence-corrected chi connectivity index (χ3v) is 4.80. The number of aromatic nitrogens is 1.